The maximum atomic E-state index is 11.8. The Morgan fingerprint density at radius 2 is 1.21 bits per heavy atom. The molecule has 0 unspecified atom stereocenters. The second-order valence-electron chi connectivity index (χ2n) is 5.17. The quantitative estimate of drug-likeness (QED) is 0.353. The van der Waals surface area contributed by atoms with Crippen molar-refractivity contribution in [1.82, 2.24) is 10.9 Å². The molecule has 2 amide bonds. The first-order valence-corrected chi connectivity index (χ1v) is 9.36. The first-order chi connectivity index (χ1) is 13.4. The van der Waals surface area contributed by atoms with E-state index in [4.69, 9.17) is 9.47 Å². The zero-order valence-electron chi connectivity index (χ0n) is 14.9. The summed E-state index contributed by atoms with van der Waals surface area (Å²) in [5.41, 5.74) is 5.59. The highest BCUT2D eigenvalue weighted by atomic mass is 79.9. The van der Waals surface area contributed by atoms with Crippen molar-refractivity contribution < 1.29 is 19.1 Å². The maximum Gasteiger partial charge on any atom is 0.331 e. The molecular weight excluding hydrogens is 496 g/mol. The Morgan fingerprint density at radius 1 is 0.821 bits per heavy atom. The summed E-state index contributed by atoms with van der Waals surface area (Å²) >= 11 is 6.72. The number of hydrogen-bond donors (Lipinski definition) is 2. The number of nitrogens with one attached hydrogen (secondary N) is 2. The number of hydrogen-bond acceptors (Lipinski definition) is 6. The zero-order valence-corrected chi connectivity index (χ0v) is 18.1. The largest absolute Gasteiger partial charge is 0.497 e. The lowest BCUT2D eigenvalue weighted by Crippen LogP contribution is -2.35. The lowest BCUT2D eigenvalue weighted by atomic mass is 10.2. The minimum atomic E-state index is -0.961. The Labute approximate surface area is 178 Å². The number of benzene rings is 2. The molecule has 0 aliphatic rings. The molecule has 2 aromatic carbocycles. The molecule has 146 valence electrons. The van der Waals surface area contributed by atoms with Crippen LogP contribution < -0.4 is 20.3 Å². The number of amides is 2. The number of carbonyl (C=O) groups excluding carboxylic acids is 2. The van der Waals surface area contributed by atoms with Crippen LogP contribution >= 0.6 is 31.9 Å². The van der Waals surface area contributed by atoms with E-state index >= 15 is 0 Å². The van der Waals surface area contributed by atoms with Gasteiger partial charge in [-0.1, -0.05) is 31.9 Å². The number of hydrazone groups is 2. The van der Waals surface area contributed by atoms with Crippen molar-refractivity contribution in [2.45, 2.75) is 0 Å². The average Bonchev–Trinajstić information content (AvgIpc) is 2.70. The molecule has 0 aliphatic heterocycles. The van der Waals surface area contributed by atoms with Gasteiger partial charge in [-0.25, -0.2) is 10.9 Å². The van der Waals surface area contributed by atoms with Gasteiger partial charge in [-0.2, -0.15) is 10.2 Å². The third-order valence-electron chi connectivity index (χ3n) is 3.35. The lowest BCUT2D eigenvalue weighted by Gasteiger charge is -2.03. The van der Waals surface area contributed by atoms with Crippen LogP contribution in [0.4, 0.5) is 0 Å². The van der Waals surface area contributed by atoms with Gasteiger partial charge in [0.25, 0.3) is 0 Å². The topological polar surface area (TPSA) is 101 Å². The molecule has 8 nitrogen and oxygen atoms in total. The molecule has 0 aromatic heterocycles. The Hall–Kier alpha value is -2.72. The van der Waals surface area contributed by atoms with E-state index < -0.39 is 11.8 Å². The number of carbonyl (C=O) groups is 2. The molecule has 28 heavy (non-hydrogen) atoms. The van der Waals surface area contributed by atoms with Crippen molar-refractivity contribution in [2.75, 3.05) is 14.2 Å². The summed E-state index contributed by atoms with van der Waals surface area (Å²) in [4.78, 5) is 23.5. The lowest BCUT2D eigenvalue weighted by molar-refractivity contribution is -0.139. The Bertz CT molecular complexity index is 856. The van der Waals surface area contributed by atoms with Gasteiger partial charge in [-0.05, 0) is 36.4 Å². The molecule has 10 heteroatoms. The predicted molar refractivity (Wildman–Crippen MR) is 113 cm³/mol. The second kappa shape index (κ2) is 10.6. The van der Waals surface area contributed by atoms with E-state index in [-0.39, 0.29) is 0 Å². The van der Waals surface area contributed by atoms with Crippen LogP contribution in [0.2, 0.25) is 0 Å². The fraction of sp³-hybridized carbons (Fsp3) is 0.111. The van der Waals surface area contributed by atoms with Crippen LogP contribution in [-0.2, 0) is 9.59 Å². The fourth-order valence-corrected chi connectivity index (χ4v) is 2.62. The van der Waals surface area contributed by atoms with Gasteiger partial charge in [0, 0.05) is 20.1 Å². The van der Waals surface area contributed by atoms with Crippen molar-refractivity contribution in [3.63, 3.8) is 0 Å². The molecule has 0 fully saturated rings. The van der Waals surface area contributed by atoms with E-state index in [0.29, 0.717) is 22.6 Å². The summed E-state index contributed by atoms with van der Waals surface area (Å²) < 4.78 is 11.7. The summed E-state index contributed by atoms with van der Waals surface area (Å²) in [6, 6.07) is 10.5. The minimum Gasteiger partial charge on any atom is -0.497 e. The van der Waals surface area contributed by atoms with Crippen LogP contribution in [0.15, 0.2) is 55.5 Å². The van der Waals surface area contributed by atoms with Crippen LogP contribution in [0, 0.1) is 0 Å². The van der Waals surface area contributed by atoms with E-state index in [1.54, 1.807) is 50.6 Å². The molecule has 2 N–H and O–H groups in total. The second-order valence-corrected chi connectivity index (χ2v) is 6.88. The van der Waals surface area contributed by atoms with E-state index in [9.17, 15) is 9.59 Å². The zero-order chi connectivity index (χ0) is 20.5. The number of halogens is 2. The van der Waals surface area contributed by atoms with Crippen LogP contribution in [0.5, 0.6) is 11.5 Å². The molecular formula is C18H16Br2N4O4. The summed E-state index contributed by atoms with van der Waals surface area (Å²) in [7, 11) is 3.09. The number of nitrogens with zero attached hydrogens (tertiary/aromatic N) is 2. The Kier molecular flexibility index (Phi) is 8.15. The number of ether oxygens (including phenoxy) is 2. The van der Waals surface area contributed by atoms with E-state index in [1.165, 1.54) is 12.4 Å². The van der Waals surface area contributed by atoms with E-state index in [0.717, 1.165) is 8.95 Å². The fourth-order valence-electron chi connectivity index (χ4n) is 1.92. The molecule has 0 saturated heterocycles. The van der Waals surface area contributed by atoms with Crippen LogP contribution in [0.25, 0.3) is 0 Å². The highest BCUT2D eigenvalue weighted by molar-refractivity contribution is 9.10. The molecule has 2 aromatic rings. The highest BCUT2D eigenvalue weighted by Crippen LogP contribution is 2.21. The van der Waals surface area contributed by atoms with Gasteiger partial charge in [-0.3, -0.25) is 9.59 Å². The van der Waals surface area contributed by atoms with Gasteiger partial charge in [0.1, 0.15) is 11.5 Å². The van der Waals surface area contributed by atoms with Crippen molar-refractivity contribution in [3.05, 3.63) is 56.5 Å². The van der Waals surface area contributed by atoms with Gasteiger partial charge >= 0.3 is 11.8 Å². The third-order valence-corrected chi connectivity index (χ3v) is 4.80. The van der Waals surface area contributed by atoms with Gasteiger partial charge in [0.2, 0.25) is 0 Å². The van der Waals surface area contributed by atoms with Crippen LogP contribution in [-0.4, -0.2) is 38.5 Å². The summed E-state index contributed by atoms with van der Waals surface area (Å²) in [6.07, 6.45) is 2.77. The van der Waals surface area contributed by atoms with Crippen molar-refractivity contribution in [1.29, 1.82) is 0 Å². The van der Waals surface area contributed by atoms with Gasteiger partial charge in [0.05, 0.1) is 26.6 Å². The van der Waals surface area contributed by atoms with Gasteiger partial charge in [-0.15, -0.1) is 0 Å². The molecule has 0 aliphatic carbocycles. The van der Waals surface area contributed by atoms with E-state index in [1.807, 2.05) is 0 Å². The monoisotopic (exact) mass is 510 g/mol. The normalized spacial score (nSPS) is 10.9. The Balaban J connectivity index is 1.92. The minimum absolute atomic E-state index is 0.631. The summed E-state index contributed by atoms with van der Waals surface area (Å²) in [6.45, 7) is 0. The molecule has 0 heterocycles. The molecule has 0 spiro atoms. The van der Waals surface area contributed by atoms with Crippen molar-refractivity contribution in [3.8, 4) is 11.5 Å². The standard InChI is InChI=1S/C18H16Br2N4O4/c1-27-13-3-5-15(19)11(7-13)9-21-23-17(25)18(26)24-22-10-12-8-14(28-2)4-6-16(12)20/h3-10H,1-2H3,(H,23,25)(H,24,26)/b21-9+,22-10+. The number of rotatable bonds is 6. The first-order valence-electron chi connectivity index (χ1n) is 7.78. The van der Waals surface area contributed by atoms with E-state index in [2.05, 4.69) is 52.9 Å². The summed E-state index contributed by atoms with van der Waals surface area (Å²) in [5.74, 6) is -0.659. The molecule has 0 saturated carbocycles. The average molecular weight is 512 g/mol. The smallest absolute Gasteiger partial charge is 0.331 e. The van der Waals surface area contributed by atoms with Gasteiger partial charge in [0.15, 0.2) is 0 Å². The van der Waals surface area contributed by atoms with Crippen molar-refractivity contribution in [2.24, 2.45) is 10.2 Å². The third kappa shape index (κ3) is 6.17. The first kappa shape index (κ1) is 21.6. The number of methoxy groups -OCH3 is 2. The maximum absolute atomic E-state index is 11.8. The SMILES string of the molecule is COc1ccc(Br)c(/C=N/NC(=O)C(=O)N/N=C/c2cc(OC)ccc2Br)c1. The molecule has 2 rings (SSSR count). The molecule has 0 radical (unpaired) electrons. The van der Waals surface area contributed by atoms with Crippen molar-refractivity contribution >= 4 is 56.1 Å². The predicted octanol–water partition coefficient (Wildman–Crippen LogP) is 2.83. The summed E-state index contributed by atoms with van der Waals surface area (Å²) in [5, 5.41) is 7.51. The molecule has 0 atom stereocenters. The Morgan fingerprint density at radius 3 is 1.57 bits per heavy atom. The van der Waals surface area contributed by atoms with Crippen LogP contribution in [0.3, 0.4) is 0 Å². The van der Waals surface area contributed by atoms with Gasteiger partial charge < -0.3 is 9.47 Å². The van der Waals surface area contributed by atoms with Crippen LogP contribution in [0.1, 0.15) is 11.1 Å². The molecule has 0 bridgehead atoms. The highest BCUT2D eigenvalue weighted by Gasteiger charge is 2.11.